The van der Waals surface area contributed by atoms with E-state index < -0.39 is 10.8 Å². The number of nitrogens with one attached hydrogen (secondary N) is 2. The van der Waals surface area contributed by atoms with Crippen LogP contribution in [0.4, 0.5) is 5.69 Å². The van der Waals surface area contributed by atoms with Crippen LogP contribution < -0.4 is 10.6 Å². The van der Waals surface area contributed by atoms with Gasteiger partial charge in [-0.15, -0.1) is 0 Å². The Morgan fingerprint density at radius 3 is 2.30 bits per heavy atom. The van der Waals surface area contributed by atoms with Crippen molar-refractivity contribution >= 4 is 17.5 Å². The molecule has 1 aromatic heterocycles. The first kappa shape index (κ1) is 16.1. The second-order valence-corrected chi connectivity index (χ2v) is 4.56. The molecule has 0 bridgehead atoms. The number of nitro benzene ring substituents is 1. The largest absolute Gasteiger partial charge is 0.350 e. The fraction of sp³-hybridized carbons (Fsp3) is 0.133. The lowest BCUT2D eigenvalue weighted by atomic mass is 10.2. The number of rotatable bonds is 6. The van der Waals surface area contributed by atoms with Gasteiger partial charge in [0.1, 0.15) is 0 Å². The van der Waals surface area contributed by atoms with E-state index in [0.29, 0.717) is 5.56 Å². The molecule has 0 unspecified atom stereocenters. The molecule has 0 fully saturated rings. The lowest BCUT2D eigenvalue weighted by Gasteiger charge is -2.07. The first-order valence-corrected chi connectivity index (χ1v) is 6.79. The average Bonchev–Trinajstić information content (AvgIpc) is 2.59. The number of carbonyl (C=O) groups excluding carboxylic acids is 2. The summed E-state index contributed by atoms with van der Waals surface area (Å²) in [6, 6.07) is 8.71. The second kappa shape index (κ2) is 7.64. The van der Waals surface area contributed by atoms with Gasteiger partial charge in [-0.2, -0.15) is 0 Å². The number of nitrogens with zero attached hydrogens (tertiary/aromatic N) is 2. The minimum absolute atomic E-state index is 0.150. The number of nitro groups is 1. The van der Waals surface area contributed by atoms with Gasteiger partial charge in [-0.3, -0.25) is 24.7 Å². The number of non-ortho nitro benzene ring substituents is 1. The van der Waals surface area contributed by atoms with Crippen LogP contribution in [0.1, 0.15) is 20.7 Å². The van der Waals surface area contributed by atoms with Gasteiger partial charge in [-0.05, 0) is 18.2 Å². The minimum atomic E-state index is -0.565. The monoisotopic (exact) mass is 314 g/mol. The summed E-state index contributed by atoms with van der Waals surface area (Å²) in [6.45, 7) is 0.432. The highest BCUT2D eigenvalue weighted by Crippen LogP contribution is 2.12. The van der Waals surface area contributed by atoms with E-state index in [1.165, 1.54) is 30.5 Å². The molecule has 0 aliphatic heterocycles. The molecule has 118 valence electrons. The molecule has 2 rings (SSSR count). The number of benzene rings is 1. The van der Waals surface area contributed by atoms with E-state index >= 15 is 0 Å². The molecule has 2 amide bonds. The summed E-state index contributed by atoms with van der Waals surface area (Å²) in [6.07, 6.45) is 3.01. The van der Waals surface area contributed by atoms with Gasteiger partial charge in [0.25, 0.3) is 17.5 Å². The summed E-state index contributed by atoms with van der Waals surface area (Å²) in [5.41, 5.74) is 0.470. The predicted octanol–water partition coefficient (Wildman–Crippen LogP) is 1.15. The molecule has 23 heavy (non-hydrogen) atoms. The van der Waals surface area contributed by atoms with Crippen molar-refractivity contribution in [3.05, 3.63) is 70.0 Å². The highest BCUT2D eigenvalue weighted by molar-refractivity contribution is 5.95. The van der Waals surface area contributed by atoms with Crippen LogP contribution in [0.3, 0.4) is 0 Å². The zero-order chi connectivity index (χ0) is 16.7. The third-order valence-electron chi connectivity index (χ3n) is 2.94. The highest BCUT2D eigenvalue weighted by Gasteiger charge is 2.11. The molecule has 1 aromatic carbocycles. The molecule has 1 heterocycles. The Bertz CT molecular complexity index is 718. The summed E-state index contributed by atoms with van der Waals surface area (Å²) in [5.74, 6) is -0.730. The Morgan fingerprint density at radius 1 is 1.04 bits per heavy atom. The molecule has 0 saturated carbocycles. The SMILES string of the molecule is O=C(NCCNC(=O)c1cccc([N+](=O)[O-])c1)c1cccnc1. The van der Waals surface area contributed by atoms with Gasteiger partial charge in [0.15, 0.2) is 0 Å². The van der Waals surface area contributed by atoms with Crippen molar-refractivity contribution in [3.8, 4) is 0 Å². The van der Waals surface area contributed by atoms with Crippen molar-refractivity contribution in [2.75, 3.05) is 13.1 Å². The molecule has 0 spiro atoms. The Balaban J connectivity index is 1.80. The molecule has 0 saturated heterocycles. The molecule has 0 aliphatic rings. The predicted molar refractivity (Wildman–Crippen MR) is 82.0 cm³/mol. The number of pyridine rings is 1. The van der Waals surface area contributed by atoms with Gasteiger partial charge >= 0.3 is 0 Å². The Morgan fingerprint density at radius 2 is 1.70 bits per heavy atom. The van der Waals surface area contributed by atoms with E-state index in [2.05, 4.69) is 15.6 Å². The fourth-order valence-electron chi connectivity index (χ4n) is 1.81. The lowest BCUT2D eigenvalue weighted by molar-refractivity contribution is -0.384. The van der Waals surface area contributed by atoms with Crippen molar-refractivity contribution in [2.45, 2.75) is 0 Å². The van der Waals surface area contributed by atoms with Crippen LogP contribution in [0, 0.1) is 10.1 Å². The number of carbonyl (C=O) groups is 2. The minimum Gasteiger partial charge on any atom is -0.350 e. The van der Waals surface area contributed by atoms with Crippen LogP contribution in [0.25, 0.3) is 0 Å². The van der Waals surface area contributed by atoms with Crippen molar-refractivity contribution in [1.29, 1.82) is 0 Å². The molecule has 0 atom stereocenters. The Hall–Kier alpha value is -3.29. The third-order valence-corrected chi connectivity index (χ3v) is 2.94. The molecule has 0 aliphatic carbocycles. The quantitative estimate of drug-likeness (QED) is 0.471. The number of aromatic nitrogens is 1. The number of hydrogen-bond acceptors (Lipinski definition) is 5. The van der Waals surface area contributed by atoms with Crippen molar-refractivity contribution in [1.82, 2.24) is 15.6 Å². The Labute approximate surface area is 131 Å². The zero-order valence-corrected chi connectivity index (χ0v) is 12.1. The maximum atomic E-state index is 11.9. The summed E-state index contributed by atoms with van der Waals surface area (Å²) in [7, 11) is 0. The van der Waals surface area contributed by atoms with E-state index in [-0.39, 0.29) is 30.2 Å². The molecule has 2 aromatic rings. The summed E-state index contributed by atoms with van der Waals surface area (Å²) in [4.78, 5) is 37.6. The van der Waals surface area contributed by atoms with Gasteiger partial charge in [0.2, 0.25) is 0 Å². The number of amides is 2. The van der Waals surface area contributed by atoms with E-state index in [1.807, 2.05) is 0 Å². The summed E-state index contributed by atoms with van der Waals surface area (Å²) < 4.78 is 0. The first-order chi connectivity index (χ1) is 11.1. The fourth-order valence-corrected chi connectivity index (χ4v) is 1.81. The average molecular weight is 314 g/mol. The van der Waals surface area contributed by atoms with Crippen LogP contribution in [0.15, 0.2) is 48.8 Å². The molecular formula is C15H14N4O4. The van der Waals surface area contributed by atoms with E-state index in [1.54, 1.807) is 18.3 Å². The topological polar surface area (TPSA) is 114 Å². The van der Waals surface area contributed by atoms with Crippen LogP contribution in [-0.2, 0) is 0 Å². The highest BCUT2D eigenvalue weighted by atomic mass is 16.6. The van der Waals surface area contributed by atoms with Crippen LogP contribution in [0.2, 0.25) is 0 Å². The third kappa shape index (κ3) is 4.60. The van der Waals surface area contributed by atoms with Crippen molar-refractivity contribution in [3.63, 3.8) is 0 Å². The van der Waals surface area contributed by atoms with Gasteiger partial charge in [0.05, 0.1) is 10.5 Å². The standard InChI is InChI=1S/C15H14N4O4/c20-14(11-3-1-5-13(9-11)19(22)23)17-7-8-18-15(21)12-4-2-6-16-10-12/h1-6,9-10H,7-8H2,(H,17,20)(H,18,21). The van der Waals surface area contributed by atoms with Crippen molar-refractivity contribution in [2.24, 2.45) is 0 Å². The van der Waals surface area contributed by atoms with E-state index in [9.17, 15) is 19.7 Å². The molecular weight excluding hydrogens is 300 g/mol. The normalized spacial score (nSPS) is 9.91. The summed E-state index contributed by atoms with van der Waals surface area (Å²) in [5, 5.41) is 15.9. The second-order valence-electron chi connectivity index (χ2n) is 4.56. The maximum Gasteiger partial charge on any atom is 0.270 e. The van der Waals surface area contributed by atoms with Gasteiger partial charge in [-0.25, -0.2) is 0 Å². The molecule has 0 radical (unpaired) electrons. The van der Waals surface area contributed by atoms with Crippen LogP contribution >= 0.6 is 0 Å². The van der Waals surface area contributed by atoms with E-state index in [4.69, 9.17) is 0 Å². The van der Waals surface area contributed by atoms with Crippen LogP contribution in [0.5, 0.6) is 0 Å². The van der Waals surface area contributed by atoms with Gasteiger partial charge < -0.3 is 10.6 Å². The Kier molecular flexibility index (Phi) is 5.35. The van der Waals surface area contributed by atoms with Gasteiger partial charge in [0, 0.05) is 43.2 Å². The summed E-state index contributed by atoms with van der Waals surface area (Å²) >= 11 is 0. The number of hydrogen-bond donors (Lipinski definition) is 2. The maximum absolute atomic E-state index is 11.9. The zero-order valence-electron chi connectivity index (χ0n) is 12.1. The van der Waals surface area contributed by atoms with Gasteiger partial charge in [-0.1, -0.05) is 6.07 Å². The lowest BCUT2D eigenvalue weighted by Crippen LogP contribution is -2.34. The molecule has 8 heteroatoms. The smallest absolute Gasteiger partial charge is 0.270 e. The molecule has 2 N–H and O–H groups in total. The molecule has 8 nitrogen and oxygen atoms in total. The van der Waals surface area contributed by atoms with Crippen molar-refractivity contribution < 1.29 is 14.5 Å². The van der Waals surface area contributed by atoms with Crippen LogP contribution in [-0.4, -0.2) is 34.8 Å². The van der Waals surface area contributed by atoms with E-state index in [0.717, 1.165) is 0 Å². The first-order valence-electron chi connectivity index (χ1n) is 6.79.